The number of halogens is 2. The van der Waals surface area contributed by atoms with Crippen molar-refractivity contribution in [2.24, 2.45) is 4.99 Å². The first kappa shape index (κ1) is 23.9. The van der Waals surface area contributed by atoms with Crippen LogP contribution in [0, 0.1) is 0 Å². The number of morpholine rings is 1. The fourth-order valence-electron chi connectivity index (χ4n) is 4.35. The van der Waals surface area contributed by atoms with Crippen LogP contribution >= 0.6 is 23.2 Å². The number of ether oxygens (including phenoxy) is 2. The first-order chi connectivity index (χ1) is 17.1. The molecule has 2 aliphatic rings. The topological polar surface area (TPSA) is 81.8 Å². The maximum absolute atomic E-state index is 12.5. The van der Waals surface area contributed by atoms with E-state index >= 15 is 0 Å². The molecule has 0 saturated carbocycles. The van der Waals surface area contributed by atoms with Gasteiger partial charge in [-0.25, -0.2) is 0 Å². The van der Waals surface area contributed by atoms with E-state index in [0.29, 0.717) is 41.2 Å². The Bertz CT molecular complexity index is 1240. The third-order valence-electron chi connectivity index (χ3n) is 6.16. The van der Waals surface area contributed by atoms with Gasteiger partial charge < -0.3 is 9.47 Å². The number of hydrogen-bond donors (Lipinski definition) is 0. The number of hydrogen-bond acceptors (Lipinski definition) is 7. The molecule has 0 unspecified atom stereocenters. The second-order valence-corrected chi connectivity index (χ2v) is 9.25. The minimum atomic E-state index is -0.415. The Hall–Kier alpha value is -2.78. The highest BCUT2D eigenvalue weighted by molar-refractivity contribution is 6.36. The van der Waals surface area contributed by atoms with E-state index in [9.17, 15) is 4.79 Å². The monoisotopic (exact) mass is 513 g/mol. The summed E-state index contributed by atoms with van der Waals surface area (Å²) in [7, 11) is 0. The standard InChI is InChI=1S/C25H25Cl2N5O3/c26-17-5-7-22-19(15-17)24(18-3-1-2-4-20(18)27)29-21(25-30-28-16-32(22)25)6-8-23(33)35-14-11-31-9-12-34-13-10-31/h1-5,7,15-16,21H,6,8-14H2/t21-/m0/s1. The van der Waals surface area contributed by atoms with Gasteiger partial charge in [-0.05, 0) is 30.7 Å². The lowest BCUT2D eigenvalue weighted by molar-refractivity contribution is -0.144. The van der Waals surface area contributed by atoms with E-state index in [1.807, 2.05) is 47.0 Å². The van der Waals surface area contributed by atoms with E-state index in [0.717, 1.165) is 43.1 Å². The lowest BCUT2D eigenvalue weighted by Crippen LogP contribution is -2.38. The molecule has 1 aromatic heterocycles. The van der Waals surface area contributed by atoms with Gasteiger partial charge in [-0.2, -0.15) is 0 Å². The number of carbonyl (C=O) groups excluding carboxylic acids is 1. The average Bonchev–Trinajstić information content (AvgIpc) is 3.31. The maximum atomic E-state index is 12.5. The molecule has 182 valence electrons. The molecule has 0 spiro atoms. The predicted molar refractivity (Wildman–Crippen MR) is 134 cm³/mol. The van der Waals surface area contributed by atoms with Crippen LogP contribution in [0.5, 0.6) is 0 Å². The summed E-state index contributed by atoms with van der Waals surface area (Å²) in [6.07, 6.45) is 2.28. The van der Waals surface area contributed by atoms with E-state index in [-0.39, 0.29) is 12.4 Å². The number of carbonyl (C=O) groups is 1. The molecule has 1 fully saturated rings. The molecule has 3 heterocycles. The zero-order valence-corrected chi connectivity index (χ0v) is 20.6. The lowest BCUT2D eigenvalue weighted by atomic mass is 10.00. The zero-order valence-electron chi connectivity index (χ0n) is 19.1. The molecule has 0 N–H and O–H groups in total. The van der Waals surface area contributed by atoms with E-state index in [2.05, 4.69) is 15.1 Å². The smallest absolute Gasteiger partial charge is 0.305 e. The van der Waals surface area contributed by atoms with Gasteiger partial charge >= 0.3 is 5.97 Å². The van der Waals surface area contributed by atoms with Gasteiger partial charge in [0.1, 0.15) is 19.0 Å². The quantitative estimate of drug-likeness (QED) is 0.442. The van der Waals surface area contributed by atoms with Crippen LogP contribution in [0.3, 0.4) is 0 Å². The first-order valence-corrected chi connectivity index (χ1v) is 12.3. The number of rotatable bonds is 7. The van der Waals surface area contributed by atoms with Crippen molar-refractivity contribution in [1.29, 1.82) is 0 Å². The second kappa shape index (κ2) is 10.9. The van der Waals surface area contributed by atoms with E-state index < -0.39 is 6.04 Å². The molecule has 3 aromatic rings. The fraction of sp³-hybridized carbons (Fsp3) is 0.360. The molecule has 0 radical (unpaired) electrons. The SMILES string of the molecule is O=C(CC[C@@H]1N=C(c2ccccc2Cl)c2cc(Cl)ccc2-n2cnnc21)OCCN1CCOCC1. The normalized spacial score (nSPS) is 17.8. The number of aromatic nitrogens is 3. The molecule has 5 rings (SSSR count). The van der Waals surface area contributed by atoms with E-state index in [4.69, 9.17) is 37.7 Å². The van der Waals surface area contributed by atoms with Gasteiger partial charge in [-0.1, -0.05) is 41.4 Å². The van der Waals surface area contributed by atoms with Crippen LogP contribution in [0.1, 0.15) is 35.8 Å². The molecule has 8 nitrogen and oxygen atoms in total. The number of fused-ring (bicyclic) bond motifs is 3. The van der Waals surface area contributed by atoms with Gasteiger partial charge in [0.15, 0.2) is 5.82 Å². The molecule has 10 heteroatoms. The molecular formula is C25H25Cl2N5O3. The molecule has 2 aromatic carbocycles. The Kier molecular flexibility index (Phi) is 7.43. The highest BCUT2D eigenvalue weighted by Crippen LogP contribution is 2.34. The van der Waals surface area contributed by atoms with Crippen LogP contribution in [-0.2, 0) is 14.3 Å². The Balaban J connectivity index is 1.38. The highest BCUT2D eigenvalue weighted by Gasteiger charge is 2.28. The summed E-state index contributed by atoms with van der Waals surface area (Å²) in [5.74, 6) is 0.389. The molecule has 35 heavy (non-hydrogen) atoms. The molecule has 0 amide bonds. The van der Waals surface area contributed by atoms with Crippen molar-refractivity contribution in [2.75, 3.05) is 39.5 Å². The molecular weight excluding hydrogens is 489 g/mol. The average molecular weight is 514 g/mol. The molecule has 0 bridgehead atoms. The Morgan fingerprint density at radius 3 is 2.77 bits per heavy atom. The largest absolute Gasteiger partial charge is 0.464 e. The van der Waals surface area contributed by atoms with Crippen LogP contribution in [0.4, 0.5) is 0 Å². The van der Waals surface area contributed by atoms with Crippen molar-refractivity contribution >= 4 is 34.9 Å². The number of aliphatic imine (C=N–C) groups is 1. The molecule has 1 atom stereocenters. The summed E-state index contributed by atoms with van der Waals surface area (Å²) < 4.78 is 12.7. The molecule has 2 aliphatic heterocycles. The number of benzene rings is 2. The third kappa shape index (κ3) is 5.41. The fourth-order valence-corrected chi connectivity index (χ4v) is 4.75. The third-order valence-corrected chi connectivity index (χ3v) is 6.72. The minimum Gasteiger partial charge on any atom is -0.464 e. The molecule has 1 saturated heterocycles. The minimum absolute atomic E-state index is 0.205. The summed E-state index contributed by atoms with van der Waals surface area (Å²) in [6.45, 7) is 4.22. The van der Waals surface area contributed by atoms with Gasteiger partial charge in [0.2, 0.25) is 0 Å². The maximum Gasteiger partial charge on any atom is 0.305 e. The summed E-state index contributed by atoms with van der Waals surface area (Å²) in [5.41, 5.74) is 3.16. The van der Waals surface area contributed by atoms with Gasteiger partial charge in [0.05, 0.1) is 24.6 Å². The van der Waals surface area contributed by atoms with Crippen LogP contribution < -0.4 is 0 Å². The molecule has 0 aliphatic carbocycles. The van der Waals surface area contributed by atoms with Crippen LogP contribution in [0.2, 0.25) is 10.0 Å². The van der Waals surface area contributed by atoms with Gasteiger partial charge in [-0.15, -0.1) is 10.2 Å². The van der Waals surface area contributed by atoms with Crippen molar-refractivity contribution in [3.8, 4) is 5.69 Å². The Morgan fingerprint density at radius 2 is 1.94 bits per heavy atom. The first-order valence-electron chi connectivity index (χ1n) is 11.6. The van der Waals surface area contributed by atoms with Gasteiger partial charge in [0, 0.05) is 47.2 Å². The Labute approximate surface area is 213 Å². The number of nitrogens with zero attached hydrogens (tertiary/aromatic N) is 5. The van der Waals surface area contributed by atoms with E-state index in [1.54, 1.807) is 6.33 Å². The summed E-state index contributed by atoms with van der Waals surface area (Å²) in [6, 6.07) is 12.7. The highest BCUT2D eigenvalue weighted by atomic mass is 35.5. The van der Waals surface area contributed by atoms with Crippen molar-refractivity contribution in [1.82, 2.24) is 19.7 Å². The summed E-state index contributed by atoms with van der Waals surface area (Å²) in [4.78, 5) is 19.8. The summed E-state index contributed by atoms with van der Waals surface area (Å²) in [5, 5.41) is 9.62. The van der Waals surface area contributed by atoms with Gasteiger partial charge in [-0.3, -0.25) is 19.3 Å². The number of esters is 1. The van der Waals surface area contributed by atoms with Crippen molar-refractivity contribution < 1.29 is 14.3 Å². The van der Waals surface area contributed by atoms with Crippen molar-refractivity contribution in [3.05, 3.63) is 75.8 Å². The lowest BCUT2D eigenvalue weighted by Gasteiger charge is -2.26. The van der Waals surface area contributed by atoms with Crippen LogP contribution in [0.25, 0.3) is 5.69 Å². The Morgan fingerprint density at radius 1 is 1.11 bits per heavy atom. The van der Waals surface area contributed by atoms with Gasteiger partial charge in [0.25, 0.3) is 0 Å². The van der Waals surface area contributed by atoms with Crippen molar-refractivity contribution in [2.45, 2.75) is 18.9 Å². The van der Waals surface area contributed by atoms with Crippen LogP contribution in [-0.4, -0.2) is 70.8 Å². The zero-order chi connectivity index (χ0) is 24.2. The van der Waals surface area contributed by atoms with Crippen LogP contribution in [0.15, 0.2) is 53.8 Å². The van der Waals surface area contributed by atoms with Crippen molar-refractivity contribution in [3.63, 3.8) is 0 Å². The second-order valence-electron chi connectivity index (χ2n) is 8.41. The summed E-state index contributed by atoms with van der Waals surface area (Å²) >= 11 is 12.9. The predicted octanol–water partition coefficient (Wildman–Crippen LogP) is 4.12. The van der Waals surface area contributed by atoms with E-state index in [1.165, 1.54) is 0 Å².